The molecule has 1 aromatic carbocycles. The largest absolute Gasteiger partial charge is 0.494 e. The highest BCUT2D eigenvalue weighted by atomic mass is 16.5. The zero-order valence-electron chi connectivity index (χ0n) is 18.0. The number of ether oxygens (including phenoxy) is 1. The van der Waals surface area contributed by atoms with Crippen LogP contribution < -0.4 is 4.74 Å². The zero-order valence-corrected chi connectivity index (χ0v) is 18.0. The van der Waals surface area contributed by atoms with E-state index in [1.54, 1.807) is 0 Å². The first-order valence-electron chi connectivity index (χ1n) is 11.4. The third-order valence-corrected chi connectivity index (χ3v) is 5.94. The van der Waals surface area contributed by atoms with Gasteiger partial charge in [0, 0.05) is 26.2 Å². The summed E-state index contributed by atoms with van der Waals surface area (Å²) in [5, 5.41) is 0. The molecule has 3 fully saturated rings. The lowest BCUT2D eigenvalue weighted by Gasteiger charge is -2.27. The highest BCUT2D eigenvalue weighted by Crippen LogP contribution is 2.28. The Kier molecular flexibility index (Phi) is 8.93. The monoisotopic (exact) mass is 402 g/mol. The van der Waals surface area contributed by atoms with Gasteiger partial charge >= 0.3 is 0 Å². The molecule has 1 aliphatic heterocycles. The molecule has 10 radical (unpaired) electrons. The van der Waals surface area contributed by atoms with Gasteiger partial charge in [0.25, 0.3) is 0 Å². The second-order valence-electron chi connectivity index (χ2n) is 8.48. The molecule has 0 aromatic heterocycles. The van der Waals surface area contributed by atoms with Crippen molar-refractivity contribution < 1.29 is 4.74 Å². The molecule has 0 unspecified atom stereocenters. The summed E-state index contributed by atoms with van der Waals surface area (Å²) >= 11 is 0. The average Bonchev–Trinajstić information content (AvgIpc) is 3.48. The van der Waals surface area contributed by atoms with Crippen molar-refractivity contribution in [2.75, 3.05) is 39.3 Å². The molecule has 158 valence electrons. The van der Waals surface area contributed by atoms with Gasteiger partial charge < -0.3 is 9.64 Å². The van der Waals surface area contributed by atoms with Crippen molar-refractivity contribution in [3.63, 3.8) is 0 Å². The van der Waals surface area contributed by atoms with Crippen molar-refractivity contribution in [2.24, 2.45) is 0 Å². The van der Waals surface area contributed by atoms with Gasteiger partial charge in [-0.15, -0.1) is 0 Å². The normalized spacial score (nSPS) is 21.6. The second-order valence-corrected chi connectivity index (χ2v) is 8.48. The molecule has 0 N–H and O–H groups in total. The van der Waals surface area contributed by atoms with Crippen LogP contribution in [0.15, 0.2) is 24.3 Å². The van der Waals surface area contributed by atoms with Gasteiger partial charge in [0.1, 0.15) is 5.75 Å². The molecule has 3 heteroatoms. The van der Waals surface area contributed by atoms with E-state index in [0.717, 1.165) is 45.0 Å². The minimum atomic E-state index is 0.802. The van der Waals surface area contributed by atoms with Crippen LogP contribution in [0.1, 0.15) is 31.2 Å². The van der Waals surface area contributed by atoms with E-state index in [1.165, 1.54) is 49.8 Å². The quantitative estimate of drug-likeness (QED) is 0.505. The highest BCUT2D eigenvalue weighted by molar-refractivity contribution is 5.38. The van der Waals surface area contributed by atoms with Crippen LogP contribution in [0.3, 0.4) is 0 Å². The molecule has 2 saturated carbocycles. The van der Waals surface area contributed by atoms with Crippen LogP contribution in [0.5, 0.6) is 5.75 Å². The molecule has 2 aliphatic carbocycles. The maximum absolute atomic E-state index is 5.99. The van der Waals surface area contributed by atoms with Crippen molar-refractivity contribution in [2.45, 2.75) is 32.2 Å². The minimum absolute atomic E-state index is 0.802. The molecule has 3 nitrogen and oxygen atoms in total. The van der Waals surface area contributed by atoms with E-state index in [0.29, 0.717) is 0 Å². The van der Waals surface area contributed by atoms with Crippen LogP contribution in [-0.2, 0) is 6.54 Å². The predicted octanol–water partition coefficient (Wildman–Crippen LogP) is 4.55. The van der Waals surface area contributed by atoms with Crippen molar-refractivity contribution in [3.8, 4) is 5.75 Å². The van der Waals surface area contributed by atoms with Gasteiger partial charge in [-0.2, -0.15) is 0 Å². The summed E-state index contributed by atoms with van der Waals surface area (Å²) in [5.41, 5.74) is 1.33. The van der Waals surface area contributed by atoms with Crippen molar-refractivity contribution in [1.29, 1.82) is 0 Å². The first-order valence-corrected chi connectivity index (χ1v) is 11.4. The minimum Gasteiger partial charge on any atom is -0.494 e. The molecule has 30 heavy (non-hydrogen) atoms. The van der Waals surface area contributed by atoms with Crippen LogP contribution in [-0.4, -0.2) is 49.1 Å². The topological polar surface area (TPSA) is 15.7 Å². The molecule has 0 bridgehead atoms. The van der Waals surface area contributed by atoms with E-state index < -0.39 is 0 Å². The SMILES string of the molecule is [CH]1[CH][CH][C](CN(C[C]2[CH][CH][CH][CH]2)Cc2ccc(OCCCN3CCCCC3)cc2)[CH]1. The van der Waals surface area contributed by atoms with Gasteiger partial charge in [0.05, 0.1) is 6.61 Å². The Balaban J connectivity index is 1.21. The van der Waals surface area contributed by atoms with E-state index in [2.05, 4.69) is 85.4 Å². The summed E-state index contributed by atoms with van der Waals surface area (Å²) in [6.07, 6.45) is 22.5. The molecule has 3 aliphatic rings. The summed E-state index contributed by atoms with van der Waals surface area (Å²) < 4.78 is 5.99. The van der Waals surface area contributed by atoms with Crippen LogP contribution in [0.2, 0.25) is 0 Å². The third-order valence-electron chi connectivity index (χ3n) is 5.94. The van der Waals surface area contributed by atoms with Crippen LogP contribution in [0.25, 0.3) is 0 Å². The van der Waals surface area contributed by atoms with Crippen LogP contribution >= 0.6 is 0 Å². The van der Waals surface area contributed by atoms with Gasteiger partial charge in [-0.05, 0) is 113 Å². The molecule has 0 amide bonds. The summed E-state index contributed by atoms with van der Waals surface area (Å²) in [6.45, 7) is 7.36. The lowest BCUT2D eigenvalue weighted by Crippen LogP contribution is -2.31. The van der Waals surface area contributed by atoms with E-state index >= 15 is 0 Å². The third kappa shape index (κ3) is 7.27. The Labute approximate surface area is 185 Å². The van der Waals surface area contributed by atoms with Crippen LogP contribution in [0, 0.1) is 63.2 Å². The standard InChI is InChI=1S/C27H34N2O/c1-6-17-28(18-7-1)19-8-20-30-27-15-13-26(14-16-27)23-29(21-24-9-2-3-10-24)22-25-11-4-5-12-25/h2-5,9-16H,1,6-8,17-23H2. The number of likely N-dealkylation sites (tertiary alicyclic amines) is 1. The lowest BCUT2D eigenvalue weighted by molar-refractivity contribution is 0.205. The molecular formula is C27H34N2O. The molecule has 1 aromatic rings. The number of hydrogen-bond donors (Lipinski definition) is 0. The van der Waals surface area contributed by atoms with Gasteiger partial charge in [-0.1, -0.05) is 18.6 Å². The fourth-order valence-electron chi connectivity index (χ4n) is 4.33. The number of piperidine rings is 1. The molecule has 4 rings (SSSR count). The van der Waals surface area contributed by atoms with Gasteiger partial charge in [0.15, 0.2) is 0 Å². The Morgan fingerprint density at radius 1 is 0.733 bits per heavy atom. The van der Waals surface area contributed by atoms with Crippen molar-refractivity contribution in [1.82, 2.24) is 9.80 Å². The maximum atomic E-state index is 5.99. The summed E-state index contributed by atoms with van der Waals surface area (Å²) in [4.78, 5) is 5.07. The number of hydrogen-bond acceptors (Lipinski definition) is 3. The van der Waals surface area contributed by atoms with Gasteiger partial charge in [0.2, 0.25) is 0 Å². The zero-order chi connectivity index (χ0) is 20.4. The highest BCUT2D eigenvalue weighted by Gasteiger charge is 2.24. The first-order chi connectivity index (χ1) is 14.8. The Morgan fingerprint density at radius 3 is 1.93 bits per heavy atom. The summed E-state index contributed by atoms with van der Waals surface area (Å²) in [7, 11) is 0. The molecule has 1 heterocycles. The second kappa shape index (κ2) is 12.1. The lowest BCUT2D eigenvalue weighted by atomic mass is 10.0. The van der Waals surface area contributed by atoms with Crippen molar-refractivity contribution >= 4 is 0 Å². The molecular weight excluding hydrogens is 368 g/mol. The van der Waals surface area contributed by atoms with E-state index in [4.69, 9.17) is 4.74 Å². The average molecular weight is 403 g/mol. The summed E-state index contributed by atoms with van der Waals surface area (Å²) in [6, 6.07) is 8.67. The fourth-order valence-corrected chi connectivity index (χ4v) is 4.33. The molecule has 1 saturated heterocycles. The Morgan fingerprint density at radius 2 is 1.33 bits per heavy atom. The Hall–Kier alpha value is -1.06. The summed E-state index contributed by atoms with van der Waals surface area (Å²) in [5.74, 6) is 3.72. The fraction of sp³-hybridized carbons (Fsp3) is 0.407. The Bertz CT molecular complexity index is 565. The van der Waals surface area contributed by atoms with Crippen molar-refractivity contribution in [3.05, 3.63) is 93.0 Å². The number of rotatable bonds is 11. The maximum Gasteiger partial charge on any atom is 0.119 e. The first kappa shape index (κ1) is 22.1. The molecule has 0 atom stereocenters. The number of nitrogens with zero attached hydrogens (tertiary/aromatic N) is 2. The van der Waals surface area contributed by atoms with Gasteiger partial charge in [-0.3, -0.25) is 4.90 Å². The predicted molar refractivity (Wildman–Crippen MR) is 123 cm³/mol. The number of benzene rings is 1. The van der Waals surface area contributed by atoms with E-state index in [1.807, 2.05) is 0 Å². The molecule has 0 spiro atoms. The van der Waals surface area contributed by atoms with E-state index in [-0.39, 0.29) is 0 Å². The smallest absolute Gasteiger partial charge is 0.119 e. The van der Waals surface area contributed by atoms with E-state index in [9.17, 15) is 0 Å². The van der Waals surface area contributed by atoms with Crippen LogP contribution in [0.4, 0.5) is 0 Å². The van der Waals surface area contributed by atoms with Gasteiger partial charge in [-0.25, -0.2) is 0 Å².